The van der Waals surface area contributed by atoms with Gasteiger partial charge >= 0.3 is 5.69 Å². The first-order valence-corrected chi connectivity index (χ1v) is 7.09. The van der Waals surface area contributed by atoms with Crippen molar-refractivity contribution in [1.82, 2.24) is 9.55 Å². The Morgan fingerprint density at radius 3 is 2.83 bits per heavy atom. The van der Waals surface area contributed by atoms with Crippen molar-refractivity contribution in [3.05, 3.63) is 51.9 Å². The fourth-order valence-electron chi connectivity index (χ4n) is 2.73. The molecule has 0 radical (unpaired) electrons. The van der Waals surface area contributed by atoms with Crippen molar-refractivity contribution in [3.63, 3.8) is 0 Å². The van der Waals surface area contributed by atoms with Crippen molar-refractivity contribution in [2.75, 3.05) is 18.5 Å². The van der Waals surface area contributed by atoms with Gasteiger partial charge in [0.05, 0.1) is 19.8 Å². The summed E-state index contributed by atoms with van der Waals surface area (Å²) in [5.41, 5.74) is -0.200. The van der Waals surface area contributed by atoms with Gasteiger partial charge in [0.1, 0.15) is 18.0 Å². The maximum atomic E-state index is 13.2. The van der Waals surface area contributed by atoms with Crippen LogP contribution in [0.2, 0.25) is 0 Å². The molecule has 2 aliphatic rings. The van der Waals surface area contributed by atoms with Crippen LogP contribution < -0.4 is 15.7 Å². The molecular formula is C15H13F2N3O3. The highest BCUT2D eigenvalue weighted by atomic mass is 19.2. The molecule has 23 heavy (non-hydrogen) atoms. The van der Waals surface area contributed by atoms with Crippen LogP contribution in [-0.4, -0.2) is 28.3 Å². The zero-order valence-corrected chi connectivity index (χ0v) is 12.0. The molecule has 2 aliphatic heterocycles. The Balaban J connectivity index is 1.52. The van der Waals surface area contributed by atoms with E-state index in [0.29, 0.717) is 31.1 Å². The molecule has 1 spiro atoms. The Morgan fingerprint density at radius 1 is 1.30 bits per heavy atom. The Hall–Kier alpha value is -2.48. The zero-order valence-electron chi connectivity index (χ0n) is 12.0. The number of anilines is 1. The average molecular weight is 321 g/mol. The summed E-state index contributed by atoms with van der Waals surface area (Å²) in [4.78, 5) is 15.9. The number of benzene rings is 1. The predicted octanol–water partition coefficient (Wildman–Crippen LogP) is 1.29. The average Bonchev–Trinajstić information content (AvgIpc) is 2.89. The number of nitrogens with one attached hydrogen (secondary N) is 1. The third-order valence-electron chi connectivity index (χ3n) is 3.97. The SMILES string of the molecule is O=c1nc(OCc2ccc(F)c(F)c2)cc2n1CC1(COC1)N2. The number of halogens is 2. The van der Waals surface area contributed by atoms with Gasteiger partial charge in [-0.2, -0.15) is 4.98 Å². The van der Waals surface area contributed by atoms with Gasteiger partial charge in [-0.15, -0.1) is 0 Å². The number of hydrogen-bond acceptors (Lipinski definition) is 5. The smallest absolute Gasteiger partial charge is 0.352 e. The van der Waals surface area contributed by atoms with E-state index in [2.05, 4.69) is 10.3 Å². The summed E-state index contributed by atoms with van der Waals surface area (Å²) in [6.45, 7) is 1.58. The molecule has 2 aromatic rings. The molecule has 8 heteroatoms. The number of ether oxygens (including phenoxy) is 2. The Kier molecular flexibility index (Phi) is 3.08. The lowest BCUT2D eigenvalue weighted by Gasteiger charge is -2.37. The van der Waals surface area contributed by atoms with Gasteiger partial charge in [-0.05, 0) is 17.7 Å². The highest BCUT2D eigenvalue weighted by Crippen LogP contribution is 2.31. The summed E-state index contributed by atoms with van der Waals surface area (Å²) in [5, 5.41) is 3.25. The summed E-state index contributed by atoms with van der Waals surface area (Å²) in [6, 6.07) is 5.11. The van der Waals surface area contributed by atoms with E-state index in [4.69, 9.17) is 9.47 Å². The van der Waals surface area contributed by atoms with Gasteiger partial charge in [0, 0.05) is 6.07 Å². The Morgan fingerprint density at radius 2 is 2.13 bits per heavy atom. The monoisotopic (exact) mass is 321 g/mol. The molecule has 1 N–H and O–H groups in total. The second-order valence-electron chi connectivity index (χ2n) is 5.78. The second kappa shape index (κ2) is 5.02. The maximum Gasteiger partial charge on any atom is 0.352 e. The second-order valence-corrected chi connectivity index (χ2v) is 5.78. The van der Waals surface area contributed by atoms with E-state index in [1.165, 1.54) is 10.6 Å². The molecule has 3 heterocycles. The molecule has 4 rings (SSSR count). The normalized spacial score (nSPS) is 17.5. The molecule has 0 bridgehead atoms. The van der Waals surface area contributed by atoms with Crippen LogP contribution in [0, 0.1) is 11.6 Å². The minimum Gasteiger partial charge on any atom is -0.473 e. The molecule has 0 aliphatic carbocycles. The van der Waals surface area contributed by atoms with Crippen LogP contribution in [0.5, 0.6) is 5.88 Å². The highest BCUT2D eigenvalue weighted by molar-refractivity contribution is 5.46. The molecule has 0 amide bonds. The van der Waals surface area contributed by atoms with Crippen LogP contribution in [0.15, 0.2) is 29.1 Å². The standard InChI is InChI=1S/C15H13F2N3O3/c16-10-2-1-9(3-11(10)17)5-23-13-4-12-19-15(7-22-8-15)6-20(12)14(21)18-13/h1-4,19H,5-8H2. The lowest BCUT2D eigenvalue weighted by Crippen LogP contribution is -2.55. The van der Waals surface area contributed by atoms with Gasteiger partial charge in [0.25, 0.3) is 0 Å². The summed E-state index contributed by atoms with van der Waals surface area (Å²) >= 11 is 0. The van der Waals surface area contributed by atoms with Crippen LogP contribution >= 0.6 is 0 Å². The molecule has 1 aromatic heterocycles. The zero-order chi connectivity index (χ0) is 16.0. The van der Waals surface area contributed by atoms with Gasteiger partial charge in [0.2, 0.25) is 5.88 Å². The first-order chi connectivity index (χ1) is 11.0. The minimum absolute atomic E-state index is 0.0126. The number of hydrogen-bond donors (Lipinski definition) is 1. The first-order valence-electron chi connectivity index (χ1n) is 7.09. The van der Waals surface area contributed by atoms with E-state index in [1.54, 1.807) is 6.07 Å². The van der Waals surface area contributed by atoms with E-state index >= 15 is 0 Å². The number of rotatable bonds is 3. The van der Waals surface area contributed by atoms with Crippen molar-refractivity contribution >= 4 is 5.82 Å². The van der Waals surface area contributed by atoms with Crippen LogP contribution in [0.3, 0.4) is 0 Å². The van der Waals surface area contributed by atoms with E-state index in [9.17, 15) is 13.6 Å². The lowest BCUT2D eigenvalue weighted by molar-refractivity contribution is -0.0432. The van der Waals surface area contributed by atoms with Gasteiger partial charge in [-0.25, -0.2) is 13.6 Å². The molecule has 1 aromatic carbocycles. The summed E-state index contributed by atoms with van der Waals surface area (Å²) in [5.74, 6) is -1.11. The van der Waals surface area contributed by atoms with Crippen LogP contribution in [0.25, 0.3) is 0 Å². The Bertz CT molecular complexity index is 833. The summed E-state index contributed by atoms with van der Waals surface area (Å²) in [7, 11) is 0. The first kappa shape index (κ1) is 14.1. The van der Waals surface area contributed by atoms with E-state index in [1.807, 2.05) is 0 Å². The number of nitrogens with zero attached hydrogens (tertiary/aromatic N) is 2. The van der Waals surface area contributed by atoms with Crippen molar-refractivity contribution in [2.24, 2.45) is 0 Å². The van der Waals surface area contributed by atoms with Gasteiger partial charge in [-0.3, -0.25) is 4.57 Å². The molecule has 1 saturated heterocycles. The predicted molar refractivity (Wildman–Crippen MR) is 76.4 cm³/mol. The fraction of sp³-hybridized carbons (Fsp3) is 0.333. The quantitative estimate of drug-likeness (QED) is 0.923. The molecule has 0 unspecified atom stereocenters. The molecule has 0 atom stereocenters. The third kappa shape index (κ3) is 2.44. The number of fused-ring (bicyclic) bond motifs is 1. The molecule has 0 saturated carbocycles. The molecule has 1 fully saturated rings. The molecular weight excluding hydrogens is 308 g/mol. The van der Waals surface area contributed by atoms with Crippen molar-refractivity contribution in [2.45, 2.75) is 18.7 Å². The van der Waals surface area contributed by atoms with Crippen molar-refractivity contribution in [1.29, 1.82) is 0 Å². The highest BCUT2D eigenvalue weighted by Gasteiger charge is 2.44. The van der Waals surface area contributed by atoms with Crippen LogP contribution in [-0.2, 0) is 17.9 Å². The lowest BCUT2D eigenvalue weighted by atomic mass is 9.99. The fourth-order valence-corrected chi connectivity index (χ4v) is 2.73. The van der Waals surface area contributed by atoms with E-state index < -0.39 is 17.3 Å². The van der Waals surface area contributed by atoms with Gasteiger partial charge < -0.3 is 14.8 Å². The molecule has 120 valence electrons. The van der Waals surface area contributed by atoms with E-state index in [-0.39, 0.29) is 18.0 Å². The largest absolute Gasteiger partial charge is 0.473 e. The maximum absolute atomic E-state index is 13.2. The Labute approximate surface area is 129 Å². The van der Waals surface area contributed by atoms with Crippen molar-refractivity contribution in [3.8, 4) is 5.88 Å². The summed E-state index contributed by atoms with van der Waals surface area (Å²) < 4.78 is 38.2. The van der Waals surface area contributed by atoms with Gasteiger partial charge in [0.15, 0.2) is 11.6 Å². The number of aromatic nitrogens is 2. The van der Waals surface area contributed by atoms with Crippen LogP contribution in [0.1, 0.15) is 5.56 Å². The van der Waals surface area contributed by atoms with E-state index in [0.717, 1.165) is 12.1 Å². The van der Waals surface area contributed by atoms with Gasteiger partial charge in [-0.1, -0.05) is 6.07 Å². The third-order valence-corrected chi connectivity index (χ3v) is 3.97. The summed E-state index contributed by atoms with van der Waals surface area (Å²) in [6.07, 6.45) is 0. The molecule has 6 nitrogen and oxygen atoms in total. The topological polar surface area (TPSA) is 65.4 Å². The van der Waals surface area contributed by atoms with Crippen molar-refractivity contribution < 1.29 is 18.3 Å². The van der Waals surface area contributed by atoms with Crippen LogP contribution in [0.4, 0.5) is 14.6 Å². The minimum atomic E-state index is -0.943.